The van der Waals surface area contributed by atoms with Crippen LogP contribution in [0.4, 0.5) is 0 Å². The van der Waals surface area contributed by atoms with Crippen LogP contribution in [0, 0.1) is 5.92 Å². The number of carboxylic acid groups (broad SMARTS) is 1. The van der Waals surface area contributed by atoms with Crippen molar-refractivity contribution in [2.75, 3.05) is 0 Å². The van der Waals surface area contributed by atoms with Crippen molar-refractivity contribution in [2.24, 2.45) is 5.92 Å². The zero-order valence-corrected chi connectivity index (χ0v) is 10.6. The van der Waals surface area contributed by atoms with Gasteiger partial charge in [-0.25, -0.2) is 0 Å². The molecule has 90 valence electrons. The third-order valence-corrected chi connectivity index (χ3v) is 3.26. The number of rotatable bonds is 3. The second-order valence-electron chi connectivity index (χ2n) is 4.07. The first kappa shape index (κ1) is 12.3. The van der Waals surface area contributed by atoms with Gasteiger partial charge in [0.15, 0.2) is 0 Å². The maximum atomic E-state index is 10.8. The lowest BCUT2D eigenvalue weighted by molar-refractivity contribution is -0.141. The van der Waals surface area contributed by atoms with E-state index in [4.69, 9.17) is 28.3 Å². The van der Waals surface area contributed by atoms with Crippen LogP contribution in [-0.2, 0) is 11.2 Å². The summed E-state index contributed by atoms with van der Waals surface area (Å²) in [5, 5.41) is 10.9. The van der Waals surface area contributed by atoms with E-state index in [-0.39, 0.29) is 0 Å². The first-order valence-electron chi connectivity index (χ1n) is 5.17. The zero-order chi connectivity index (χ0) is 12.6. The number of carboxylic acids is 1. The zero-order valence-electron chi connectivity index (χ0n) is 9.13. The van der Waals surface area contributed by atoms with Crippen molar-refractivity contribution >= 4 is 40.1 Å². The van der Waals surface area contributed by atoms with Crippen molar-refractivity contribution in [3.63, 3.8) is 0 Å². The van der Waals surface area contributed by atoms with Gasteiger partial charge in [-0.3, -0.25) is 4.79 Å². The Hall–Kier alpha value is -1.19. The largest absolute Gasteiger partial charge is 0.481 e. The smallest absolute Gasteiger partial charge is 0.306 e. The first-order valence-corrected chi connectivity index (χ1v) is 5.92. The topological polar surface area (TPSA) is 53.1 Å². The van der Waals surface area contributed by atoms with Crippen molar-refractivity contribution < 1.29 is 9.90 Å². The van der Waals surface area contributed by atoms with Crippen LogP contribution in [0.15, 0.2) is 18.3 Å². The van der Waals surface area contributed by atoms with Gasteiger partial charge in [0.05, 0.1) is 16.5 Å². The van der Waals surface area contributed by atoms with Gasteiger partial charge in [0.25, 0.3) is 0 Å². The third kappa shape index (κ3) is 2.40. The van der Waals surface area contributed by atoms with Crippen LogP contribution in [0.1, 0.15) is 12.5 Å². The molecule has 1 aromatic heterocycles. The highest BCUT2D eigenvalue weighted by molar-refractivity contribution is 6.38. The van der Waals surface area contributed by atoms with Gasteiger partial charge in [-0.2, -0.15) is 0 Å². The number of halogens is 2. The molecule has 0 aliphatic carbocycles. The van der Waals surface area contributed by atoms with Crippen LogP contribution >= 0.6 is 23.2 Å². The number of hydrogen-bond donors (Lipinski definition) is 2. The monoisotopic (exact) mass is 271 g/mol. The summed E-state index contributed by atoms with van der Waals surface area (Å²) in [5.74, 6) is -1.25. The molecule has 0 amide bonds. The van der Waals surface area contributed by atoms with Gasteiger partial charge in [0, 0.05) is 16.6 Å². The molecule has 2 aromatic rings. The molecule has 3 nitrogen and oxygen atoms in total. The minimum absolute atomic E-state index is 0.438. The molecule has 0 saturated carbocycles. The van der Waals surface area contributed by atoms with Crippen molar-refractivity contribution in [3.05, 3.63) is 33.9 Å². The van der Waals surface area contributed by atoms with Gasteiger partial charge in [-0.1, -0.05) is 30.1 Å². The molecule has 1 atom stereocenters. The van der Waals surface area contributed by atoms with Gasteiger partial charge < -0.3 is 10.1 Å². The fraction of sp³-hybridized carbons (Fsp3) is 0.250. The predicted molar refractivity (Wildman–Crippen MR) is 68.8 cm³/mol. The van der Waals surface area contributed by atoms with Gasteiger partial charge in [-0.05, 0) is 24.1 Å². The van der Waals surface area contributed by atoms with Gasteiger partial charge in [-0.15, -0.1) is 0 Å². The Morgan fingerprint density at radius 2 is 2.18 bits per heavy atom. The summed E-state index contributed by atoms with van der Waals surface area (Å²) in [7, 11) is 0. The Bertz CT molecular complexity index is 577. The summed E-state index contributed by atoms with van der Waals surface area (Å²) in [6.07, 6.45) is 2.23. The number of aromatic nitrogens is 1. The number of nitrogens with one attached hydrogen (secondary N) is 1. The molecular weight excluding hydrogens is 261 g/mol. The number of hydrogen-bond acceptors (Lipinski definition) is 1. The standard InChI is InChI=1S/C12H11Cl2NO2/c1-6(12(16)17)2-7-5-15-11-9(7)3-8(13)4-10(11)14/h3-6,15H,2H2,1H3,(H,16,17). The van der Waals surface area contributed by atoms with Crippen LogP contribution in [0.2, 0.25) is 10.0 Å². The molecule has 1 aromatic carbocycles. The molecule has 0 aliphatic heterocycles. The minimum atomic E-state index is -0.813. The van der Waals surface area contributed by atoms with Crippen LogP contribution in [0.3, 0.4) is 0 Å². The highest BCUT2D eigenvalue weighted by Crippen LogP contribution is 2.30. The highest BCUT2D eigenvalue weighted by Gasteiger charge is 2.15. The van der Waals surface area contributed by atoms with E-state index in [1.165, 1.54) is 0 Å². The number of benzene rings is 1. The van der Waals surface area contributed by atoms with E-state index in [2.05, 4.69) is 4.98 Å². The van der Waals surface area contributed by atoms with E-state index >= 15 is 0 Å². The number of carbonyl (C=O) groups is 1. The van der Waals surface area contributed by atoms with E-state index in [0.717, 1.165) is 16.5 Å². The van der Waals surface area contributed by atoms with Gasteiger partial charge in [0.2, 0.25) is 0 Å². The van der Waals surface area contributed by atoms with E-state index in [9.17, 15) is 4.79 Å². The van der Waals surface area contributed by atoms with E-state index in [1.807, 2.05) is 0 Å². The summed E-state index contributed by atoms with van der Waals surface area (Å²) in [6.45, 7) is 1.67. The van der Waals surface area contributed by atoms with E-state index < -0.39 is 11.9 Å². The molecule has 2 N–H and O–H groups in total. The maximum Gasteiger partial charge on any atom is 0.306 e. The number of aromatic amines is 1. The third-order valence-electron chi connectivity index (χ3n) is 2.74. The molecular formula is C12H11Cl2NO2. The number of aliphatic carboxylic acids is 1. The Morgan fingerprint density at radius 3 is 2.82 bits per heavy atom. The minimum Gasteiger partial charge on any atom is -0.481 e. The second kappa shape index (κ2) is 4.59. The molecule has 0 aliphatic rings. The van der Waals surface area contributed by atoms with Crippen molar-refractivity contribution in [1.29, 1.82) is 0 Å². The number of H-pyrrole nitrogens is 1. The Balaban J connectivity index is 2.45. The van der Waals surface area contributed by atoms with Gasteiger partial charge >= 0.3 is 5.97 Å². The van der Waals surface area contributed by atoms with E-state index in [0.29, 0.717) is 16.5 Å². The fourth-order valence-corrected chi connectivity index (χ4v) is 2.34. The molecule has 0 spiro atoms. The molecule has 1 unspecified atom stereocenters. The normalized spacial score (nSPS) is 12.9. The average molecular weight is 272 g/mol. The van der Waals surface area contributed by atoms with Crippen molar-refractivity contribution in [3.8, 4) is 0 Å². The molecule has 0 radical (unpaired) electrons. The molecule has 0 saturated heterocycles. The van der Waals surface area contributed by atoms with Crippen LogP contribution in [0.25, 0.3) is 10.9 Å². The highest BCUT2D eigenvalue weighted by atomic mass is 35.5. The molecule has 5 heteroatoms. The van der Waals surface area contributed by atoms with Crippen molar-refractivity contribution in [2.45, 2.75) is 13.3 Å². The van der Waals surface area contributed by atoms with Crippen LogP contribution in [-0.4, -0.2) is 16.1 Å². The molecule has 17 heavy (non-hydrogen) atoms. The molecule has 0 fully saturated rings. The first-order chi connectivity index (χ1) is 7.99. The summed E-state index contributed by atoms with van der Waals surface area (Å²) >= 11 is 12.0. The Kier molecular flexibility index (Phi) is 3.31. The number of fused-ring (bicyclic) bond motifs is 1. The quantitative estimate of drug-likeness (QED) is 0.894. The van der Waals surface area contributed by atoms with E-state index in [1.54, 1.807) is 25.3 Å². The summed E-state index contributed by atoms with van der Waals surface area (Å²) < 4.78 is 0. The SMILES string of the molecule is CC(Cc1c[nH]c2c(Cl)cc(Cl)cc12)C(=O)O. The molecule has 2 rings (SSSR count). The fourth-order valence-electron chi connectivity index (χ4n) is 1.80. The van der Waals surface area contributed by atoms with Crippen molar-refractivity contribution in [1.82, 2.24) is 4.98 Å². The lowest BCUT2D eigenvalue weighted by Gasteiger charge is -2.05. The Morgan fingerprint density at radius 1 is 1.47 bits per heavy atom. The lowest BCUT2D eigenvalue weighted by Crippen LogP contribution is -2.11. The lowest BCUT2D eigenvalue weighted by atomic mass is 10.0. The maximum absolute atomic E-state index is 10.8. The van der Waals surface area contributed by atoms with Gasteiger partial charge in [0.1, 0.15) is 0 Å². The van der Waals surface area contributed by atoms with Crippen LogP contribution < -0.4 is 0 Å². The molecule has 0 bridgehead atoms. The predicted octanol–water partition coefficient (Wildman–Crippen LogP) is 3.74. The average Bonchev–Trinajstić information content (AvgIpc) is 2.61. The second-order valence-corrected chi connectivity index (χ2v) is 4.91. The van der Waals surface area contributed by atoms with Crippen LogP contribution in [0.5, 0.6) is 0 Å². The summed E-state index contributed by atoms with van der Waals surface area (Å²) in [5.41, 5.74) is 1.71. The summed E-state index contributed by atoms with van der Waals surface area (Å²) in [4.78, 5) is 13.9. The molecule has 1 heterocycles. The summed E-state index contributed by atoms with van der Waals surface area (Å²) in [6, 6.07) is 3.45. The Labute approximate surface area is 108 Å².